The first-order chi connectivity index (χ1) is 15.8. The second kappa shape index (κ2) is 11.3. The minimum atomic E-state index is -4.02. The summed E-state index contributed by atoms with van der Waals surface area (Å²) < 4.78 is 34.3. The van der Waals surface area contributed by atoms with Gasteiger partial charge in [0, 0.05) is 13.6 Å². The van der Waals surface area contributed by atoms with Gasteiger partial charge in [-0.3, -0.25) is 4.79 Å². The Bertz CT molecular complexity index is 1170. The lowest BCUT2D eigenvalue weighted by Gasteiger charge is -2.25. The fourth-order valence-corrected chi connectivity index (χ4v) is 4.92. The highest BCUT2D eigenvalue weighted by atomic mass is 35.5. The molecular weight excluding hydrogens is 460 g/mol. The number of sulfonamides is 1. The molecule has 0 aliphatic heterocycles. The predicted molar refractivity (Wildman–Crippen MR) is 130 cm³/mol. The van der Waals surface area contributed by atoms with E-state index in [-0.39, 0.29) is 22.2 Å². The van der Waals surface area contributed by atoms with E-state index in [0.717, 1.165) is 11.1 Å². The van der Waals surface area contributed by atoms with E-state index < -0.39 is 16.1 Å². The summed E-state index contributed by atoms with van der Waals surface area (Å²) >= 11 is 6.19. The van der Waals surface area contributed by atoms with Crippen LogP contribution in [0.3, 0.4) is 0 Å². The molecule has 1 amide bonds. The van der Waals surface area contributed by atoms with Gasteiger partial charge in [-0.05, 0) is 42.7 Å². The fourth-order valence-electron chi connectivity index (χ4n) is 3.41. The van der Waals surface area contributed by atoms with Crippen molar-refractivity contribution in [3.63, 3.8) is 0 Å². The Morgan fingerprint density at radius 2 is 1.61 bits per heavy atom. The van der Waals surface area contributed by atoms with Crippen molar-refractivity contribution >= 4 is 27.5 Å². The van der Waals surface area contributed by atoms with Crippen LogP contribution in [0.5, 0.6) is 5.75 Å². The lowest BCUT2D eigenvalue weighted by molar-refractivity contribution is -0.132. The summed E-state index contributed by atoms with van der Waals surface area (Å²) in [5.41, 5.74) is 1.80. The van der Waals surface area contributed by atoms with Crippen molar-refractivity contribution in [2.24, 2.45) is 0 Å². The second-order valence-corrected chi connectivity index (χ2v) is 9.69. The molecule has 1 N–H and O–H groups in total. The quantitative estimate of drug-likeness (QED) is 0.464. The predicted octanol–water partition coefficient (Wildman–Crippen LogP) is 4.29. The number of ether oxygens (including phenoxy) is 1. The Hall–Kier alpha value is -2.87. The average molecular weight is 487 g/mol. The highest BCUT2D eigenvalue weighted by molar-refractivity contribution is 7.89. The number of benzene rings is 3. The average Bonchev–Trinajstić information content (AvgIpc) is 2.80. The van der Waals surface area contributed by atoms with Gasteiger partial charge in [-0.2, -0.15) is 4.72 Å². The number of nitrogens with zero attached hydrogens (tertiary/aromatic N) is 1. The van der Waals surface area contributed by atoms with Crippen LogP contribution in [0.2, 0.25) is 5.02 Å². The van der Waals surface area contributed by atoms with Gasteiger partial charge in [-0.15, -0.1) is 0 Å². The van der Waals surface area contributed by atoms with Crippen molar-refractivity contribution in [3.05, 3.63) is 95.0 Å². The molecule has 0 spiro atoms. The Morgan fingerprint density at radius 1 is 1.00 bits per heavy atom. The van der Waals surface area contributed by atoms with Gasteiger partial charge in [-0.25, -0.2) is 8.42 Å². The van der Waals surface area contributed by atoms with Crippen LogP contribution in [0.1, 0.15) is 18.1 Å². The van der Waals surface area contributed by atoms with Crippen LogP contribution in [0.15, 0.2) is 83.8 Å². The zero-order valence-electron chi connectivity index (χ0n) is 18.6. The molecule has 0 aliphatic carbocycles. The van der Waals surface area contributed by atoms with E-state index in [1.165, 1.54) is 23.1 Å². The van der Waals surface area contributed by atoms with Gasteiger partial charge >= 0.3 is 0 Å². The number of amides is 1. The molecule has 0 saturated heterocycles. The molecule has 0 aromatic heterocycles. The number of hydrogen-bond donors (Lipinski definition) is 1. The maximum absolute atomic E-state index is 13.3. The molecule has 0 unspecified atom stereocenters. The minimum absolute atomic E-state index is 0.0347. The van der Waals surface area contributed by atoms with Crippen LogP contribution >= 0.6 is 11.6 Å². The molecule has 1 atom stereocenters. The molecule has 33 heavy (non-hydrogen) atoms. The number of nitrogens with one attached hydrogen (secondary N) is 1. The van der Waals surface area contributed by atoms with Crippen LogP contribution in [0, 0.1) is 0 Å². The lowest BCUT2D eigenvalue weighted by Crippen LogP contribution is -2.48. The first kappa shape index (κ1) is 24.8. The number of likely N-dealkylation sites (N-methyl/N-ethyl adjacent to an activating group) is 1. The van der Waals surface area contributed by atoms with Crippen molar-refractivity contribution < 1.29 is 17.9 Å². The van der Waals surface area contributed by atoms with Gasteiger partial charge in [0.1, 0.15) is 11.8 Å². The lowest BCUT2D eigenvalue weighted by atomic mass is 10.1. The molecule has 0 fully saturated rings. The standard InChI is InChI=1S/C25H27ClN2O4S/c1-3-32-24-15-14-21(17-22(24)26)33(30,31)27-23(16-19-10-6-4-7-11-19)25(29)28(2)18-20-12-8-5-9-13-20/h4-15,17,23,27H,3,16,18H2,1-2H3/t23-/m0/s1. The minimum Gasteiger partial charge on any atom is -0.492 e. The summed E-state index contributed by atoms with van der Waals surface area (Å²) in [6, 6.07) is 22.1. The van der Waals surface area contributed by atoms with Gasteiger partial charge in [0.05, 0.1) is 16.5 Å². The van der Waals surface area contributed by atoms with Crippen LogP contribution in [0.25, 0.3) is 0 Å². The van der Waals surface area contributed by atoms with E-state index in [4.69, 9.17) is 16.3 Å². The zero-order valence-corrected chi connectivity index (χ0v) is 20.1. The second-order valence-electron chi connectivity index (χ2n) is 7.57. The van der Waals surface area contributed by atoms with Gasteiger partial charge in [0.2, 0.25) is 15.9 Å². The van der Waals surface area contributed by atoms with Gasteiger partial charge in [0.25, 0.3) is 0 Å². The van der Waals surface area contributed by atoms with E-state index in [0.29, 0.717) is 18.9 Å². The summed E-state index contributed by atoms with van der Waals surface area (Å²) in [5.74, 6) is 0.0703. The number of halogens is 1. The highest BCUT2D eigenvalue weighted by Crippen LogP contribution is 2.27. The largest absolute Gasteiger partial charge is 0.492 e. The molecule has 0 radical (unpaired) electrons. The summed E-state index contributed by atoms with van der Waals surface area (Å²) in [4.78, 5) is 14.8. The molecule has 6 nitrogen and oxygen atoms in total. The zero-order chi connectivity index (χ0) is 23.8. The van der Waals surface area contributed by atoms with Crippen molar-refractivity contribution in [2.45, 2.75) is 30.8 Å². The van der Waals surface area contributed by atoms with Crippen molar-refractivity contribution in [3.8, 4) is 5.75 Å². The number of hydrogen-bond acceptors (Lipinski definition) is 4. The first-order valence-corrected chi connectivity index (χ1v) is 12.4. The molecule has 0 aliphatic rings. The SMILES string of the molecule is CCOc1ccc(S(=O)(=O)N[C@@H](Cc2ccccc2)C(=O)N(C)Cc2ccccc2)cc1Cl. The molecule has 0 heterocycles. The number of carbonyl (C=O) groups is 1. The summed E-state index contributed by atoms with van der Waals surface area (Å²) in [6.45, 7) is 2.58. The van der Waals surface area contributed by atoms with Gasteiger partial charge in [0.15, 0.2) is 0 Å². The molecule has 174 valence electrons. The summed E-state index contributed by atoms with van der Waals surface area (Å²) in [7, 11) is -2.36. The van der Waals surface area contributed by atoms with Crippen molar-refractivity contribution in [1.29, 1.82) is 0 Å². The molecule has 0 saturated carbocycles. The summed E-state index contributed by atoms with van der Waals surface area (Å²) in [6.07, 6.45) is 0.211. The Labute approximate surface area is 200 Å². The third-order valence-corrected chi connectivity index (χ3v) is 6.80. The maximum atomic E-state index is 13.3. The van der Waals surface area contributed by atoms with Crippen molar-refractivity contribution in [1.82, 2.24) is 9.62 Å². The smallest absolute Gasteiger partial charge is 0.241 e. The van der Waals surface area contributed by atoms with E-state index >= 15 is 0 Å². The molecule has 3 aromatic carbocycles. The van der Waals surface area contributed by atoms with E-state index in [2.05, 4.69) is 4.72 Å². The first-order valence-electron chi connectivity index (χ1n) is 10.6. The van der Waals surface area contributed by atoms with Crippen LogP contribution in [0.4, 0.5) is 0 Å². The van der Waals surface area contributed by atoms with Crippen LogP contribution < -0.4 is 9.46 Å². The van der Waals surface area contributed by atoms with Gasteiger partial charge < -0.3 is 9.64 Å². The molecule has 3 aromatic rings. The topological polar surface area (TPSA) is 75.7 Å². The van der Waals surface area contributed by atoms with E-state index in [1.54, 1.807) is 7.05 Å². The normalized spacial score (nSPS) is 12.2. The van der Waals surface area contributed by atoms with E-state index in [9.17, 15) is 13.2 Å². The molecule has 0 bridgehead atoms. The van der Waals surface area contributed by atoms with Crippen LogP contribution in [-0.4, -0.2) is 38.9 Å². The Morgan fingerprint density at radius 3 is 2.18 bits per heavy atom. The Balaban J connectivity index is 1.85. The number of rotatable bonds is 10. The highest BCUT2D eigenvalue weighted by Gasteiger charge is 2.29. The fraction of sp³-hybridized carbons (Fsp3) is 0.240. The molecular formula is C25H27ClN2O4S. The third kappa shape index (κ3) is 6.81. The third-order valence-electron chi connectivity index (χ3n) is 5.03. The summed E-state index contributed by atoms with van der Waals surface area (Å²) in [5, 5.41) is 0.187. The molecule has 3 rings (SSSR count). The maximum Gasteiger partial charge on any atom is 0.241 e. The van der Waals surface area contributed by atoms with E-state index in [1.807, 2.05) is 67.6 Å². The van der Waals surface area contributed by atoms with Gasteiger partial charge in [-0.1, -0.05) is 72.3 Å². The Kier molecular flexibility index (Phi) is 8.49. The van der Waals surface area contributed by atoms with Crippen molar-refractivity contribution in [2.75, 3.05) is 13.7 Å². The number of carbonyl (C=O) groups excluding carboxylic acids is 1. The molecule has 8 heteroatoms. The van der Waals surface area contributed by atoms with Crippen LogP contribution in [-0.2, 0) is 27.8 Å². The monoisotopic (exact) mass is 486 g/mol.